The van der Waals surface area contributed by atoms with Crippen molar-refractivity contribution in [3.63, 3.8) is 0 Å². The molecule has 0 aromatic carbocycles. The van der Waals surface area contributed by atoms with E-state index in [0.29, 0.717) is 4.90 Å². The van der Waals surface area contributed by atoms with Crippen LogP contribution in [0.3, 0.4) is 0 Å². The molecule has 0 bridgehead atoms. The van der Waals surface area contributed by atoms with E-state index in [1.165, 1.54) is 0 Å². The molecule has 2 saturated heterocycles. The molecule has 7 heteroatoms. The first-order valence-electron chi connectivity index (χ1n) is 6.52. The summed E-state index contributed by atoms with van der Waals surface area (Å²) in [4.78, 5) is 48.2. The maximum absolute atomic E-state index is 12.4. The highest BCUT2D eigenvalue weighted by atomic mass is 16.6. The molecule has 1 N–H and O–H groups in total. The van der Waals surface area contributed by atoms with Crippen molar-refractivity contribution in [3.05, 3.63) is 0 Å². The number of amides is 4. The van der Waals surface area contributed by atoms with Crippen LogP contribution in [0.25, 0.3) is 0 Å². The van der Waals surface area contributed by atoms with E-state index in [1.807, 2.05) is 0 Å². The third-order valence-corrected chi connectivity index (χ3v) is 3.42. The molecule has 20 heavy (non-hydrogen) atoms. The van der Waals surface area contributed by atoms with Crippen LogP contribution in [0.5, 0.6) is 0 Å². The van der Waals surface area contributed by atoms with Gasteiger partial charge in [0.15, 0.2) is 0 Å². The zero-order chi connectivity index (χ0) is 15.1. The van der Waals surface area contributed by atoms with Gasteiger partial charge < -0.3 is 10.1 Å². The Morgan fingerprint density at radius 1 is 1.30 bits per heavy atom. The fourth-order valence-electron chi connectivity index (χ4n) is 2.44. The molecule has 0 aromatic rings. The Morgan fingerprint density at radius 3 is 2.45 bits per heavy atom. The third kappa shape index (κ3) is 2.52. The molecule has 1 unspecified atom stereocenters. The average molecular weight is 282 g/mol. The number of carbonyl (C=O) groups is 4. The predicted octanol–water partition coefficient (Wildman–Crippen LogP) is 0.577. The molecular formula is C13H18N2O5. The normalized spacial score (nSPS) is 26.9. The first-order chi connectivity index (χ1) is 9.15. The quantitative estimate of drug-likeness (QED) is 0.656. The highest BCUT2D eigenvalue weighted by Gasteiger charge is 2.53. The van der Waals surface area contributed by atoms with Crippen LogP contribution < -0.4 is 5.32 Å². The van der Waals surface area contributed by atoms with E-state index >= 15 is 0 Å². The topological polar surface area (TPSA) is 92.8 Å². The van der Waals surface area contributed by atoms with Crippen molar-refractivity contribution in [2.75, 3.05) is 6.54 Å². The zero-order valence-electron chi connectivity index (χ0n) is 11.8. The summed E-state index contributed by atoms with van der Waals surface area (Å²) in [6.07, 6.45) is -0.618. The van der Waals surface area contributed by atoms with Crippen LogP contribution in [0.2, 0.25) is 0 Å². The molecule has 1 atom stereocenters. The number of carbonyl (C=O) groups excluding carboxylic acids is 4. The van der Waals surface area contributed by atoms with E-state index in [2.05, 4.69) is 5.32 Å². The van der Waals surface area contributed by atoms with Gasteiger partial charge in [0, 0.05) is 19.4 Å². The number of likely N-dealkylation sites (tertiary alicyclic amines) is 1. The van der Waals surface area contributed by atoms with Gasteiger partial charge in [-0.15, -0.1) is 0 Å². The van der Waals surface area contributed by atoms with E-state index in [1.54, 1.807) is 20.8 Å². The number of hydrogen-bond acceptors (Lipinski definition) is 5. The van der Waals surface area contributed by atoms with Gasteiger partial charge in [-0.1, -0.05) is 0 Å². The summed E-state index contributed by atoms with van der Waals surface area (Å²) in [5.74, 6) is -1.45. The number of piperidine rings is 1. The highest BCUT2D eigenvalue weighted by Crippen LogP contribution is 2.38. The average Bonchev–Trinajstić information content (AvgIpc) is 2.65. The van der Waals surface area contributed by atoms with Crippen LogP contribution in [0.15, 0.2) is 0 Å². The minimum Gasteiger partial charge on any atom is -0.443 e. The van der Waals surface area contributed by atoms with Crippen molar-refractivity contribution < 1.29 is 23.9 Å². The summed E-state index contributed by atoms with van der Waals surface area (Å²) >= 11 is 0. The van der Waals surface area contributed by atoms with Gasteiger partial charge in [-0.25, -0.2) is 4.79 Å². The Kier molecular flexibility index (Phi) is 3.31. The molecule has 2 aliphatic rings. The van der Waals surface area contributed by atoms with Crippen LogP contribution in [0, 0.1) is 5.41 Å². The summed E-state index contributed by atoms with van der Waals surface area (Å²) in [6, 6.07) is 0. The lowest BCUT2D eigenvalue weighted by atomic mass is 9.78. The van der Waals surface area contributed by atoms with Crippen molar-refractivity contribution in [2.24, 2.45) is 5.41 Å². The zero-order valence-corrected chi connectivity index (χ0v) is 11.8. The second kappa shape index (κ2) is 4.57. The number of hydrogen-bond donors (Lipinski definition) is 1. The van der Waals surface area contributed by atoms with Crippen molar-refractivity contribution in [3.8, 4) is 0 Å². The summed E-state index contributed by atoms with van der Waals surface area (Å²) in [7, 11) is 0. The SMILES string of the molecule is CC(C)(C)OC(=O)N1C(=O)CCC2(CNC(=O)C2)C1=O. The molecule has 2 aliphatic heterocycles. The van der Waals surface area contributed by atoms with Crippen molar-refractivity contribution in [1.29, 1.82) is 0 Å². The van der Waals surface area contributed by atoms with Crippen LogP contribution in [0.4, 0.5) is 4.79 Å². The minimum atomic E-state index is -0.984. The lowest BCUT2D eigenvalue weighted by molar-refractivity contribution is -0.155. The van der Waals surface area contributed by atoms with Gasteiger partial charge in [-0.05, 0) is 27.2 Å². The third-order valence-electron chi connectivity index (χ3n) is 3.42. The van der Waals surface area contributed by atoms with Gasteiger partial charge in [-0.3, -0.25) is 14.4 Å². The number of rotatable bonds is 0. The monoisotopic (exact) mass is 282 g/mol. The van der Waals surface area contributed by atoms with Crippen LogP contribution in [-0.2, 0) is 19.1 Å². The molecular weight excluding hydrogens is 264 g/mol. The van der Waals surface area contributed by atoms with E-state index in [-0.39, 0.29) is 31.7 Å². The van der Waals surface area contributed by atoms with Crippen LogP contribution in [0.1, 0.15) is 40.0 Å². The van der Waals surface area contributed by atoms with Crippen LogP contribution >= 0.6 is 0 Å². The maximum atomic E-state index is 12.4. The number of ether oxygens (including phenoxy) is 1. The van der Waals surface area contributed by atoms with E-state index < -0.39 is 28.9 Å². The second-order valence-electron chi connectivity index (χ2n) is 6.25. The second-order valence-corrected chi connectivity index (χ2v) is 6.25. The summed E-state index contributed by atoms with van der Waals surface area (Å²) in [5.41, 5.74) is -1.78. The predicted molar refractivity (Wildman–Crippen MR) is 67.4 cm³/mol. The first kappa shape index (κ1) is 14.5. The Morgan fingerprint density at radius 2 is 1.95 bits per heavy atom. The maximum Gasteiger partial charge on any atom is 0.424 e. The molecule has 1 spiro atoms. The fraction of sp³-hybridized carbons (Fsp3) is 0.692. The minimum absolute atomic E-state index is 0.0123. The fourth-order valence-corrected chi connectivity index (χ4v) is 2.44. The molecule has 2 heterocycles. The molecule has 4 amide bonds. The molecule has 2 rings (SSSR count). The molecule has 0 saturated carbocycles. The molecule has 110 valence electrons. The van der Waals surface area contributed by atoms with Gasteiger partial charge in [0.05, 0.1) is 5.41 Å². The van der Waals surface area contributed by atoms with E-state index in [9.17, 15) is 19.2 Å². The van der Waals surface area contributed by atoms with Crippen molar-refractivity contribution >= 4 is 23.8 Å². The summed E-state index contributed by atoms with van der Waals surface area (Å²) < 4.78 is 5.09. The van der Waals surface area contributed by atoms with Gasteiger partial charge in [-0.2, -0.15) is 4.90 Å². The lowest BCUT2D eigenvalue weighted by Gasteiger charge is -2.36. The van der Waals surface area contributed by atoms with Gasteiger partial charge in [0.1, 0.15) is 5.60 Å². The van der Waals surface area contributed by atoms with Crippen LogP contribution in [-0.4, -0.2) is 40.9 Å². The Hall–Kier alpha value is -1.92. The molecule has 0 aliphatic carbocycles. The van der Waals surface area contributed by atoms with E-state index in [0.717, 1.165) is 0 Å². The molecule has 0 aromatic heterocycles. The van der Waals surface area contributed by atoms with Crippen molar-refractivity contribution in [1.82, 2.24) is 10.2 Å². The van der Waals surface area contributed by atoms with Gasteiger partial charge in [0.25, 0.3) is 0 Å². The molecule has 7 nitrogen and oxygen atoms in total. The van der Waals surface area contributed by atoms with E-state index in [4.69, 9.17) is 4.74 Å². The molecule has 0 radical (unpaired) electrons. The van der Waals surface area contributed by atoms with Crippen molar-refractivity contribution in [2.45, 2.75) is 45.6 Å². The van der Waals surface area contributed by atoms with Gasteiger partial charge in [0.2, 0.25) is 17.7 Å². The largest absolute Gasteiger partial charge is 0.443 e. The lowest BCUT2D eigenvalue weighted by Crippen LogP contribution is -2.55. The Bertz CT molecular complexity index is 493. The summed E-state index contributed by atoms with van der Waals surface area (Å²) in [6.45, 7) is 5.12. The van der Waals surface area contributed by atoms with Gasteiger partial charge >= 0.3 is 6.09 Å². The number of imide groups is 3. The standard InChI is InChI=1S/C13H18N2O5/c1-12(2,3)20-11(19)15-9(17)4-5-13(10(15)18)6-8(16)14-7-13/h4-7H2,1-3H3,(H,14,16). The molecule has 2 fully saturated rings. The smallest absolute Gasteiger partial charge is 0.424 e. The number of nitrogens with one attached hydrogen (secondary N) is 1. The Labute approximate surface area is 116 Å². The first-order valence-corrected chi connectivity index (χ1v) is 6.52. The highest BCUT2D eigenvalue weighted by molar-refractivity contribution is 6.13. The number of nitrogens with zero attached hydrogens (tertiary/aromatic N) is 1. The Balaban J connectivity index is 2.23. The summed E-state index contributed by atoms with van der Waals surface area (Å²) in [5, 5.41) is 2.58.